The van der Waals surface area contributed by atoms with Crippen molar-refractivity contribution in [2.45, 2.75) is 19.4 Å². The first kappa shape index (κ1) is 15.3. The predicted octanol–water partition coefficient (Wildman–Crippen LogP) is 2.04. The number of carbonyl (C=O) groups excluding carboxylic acids is 1. The average molecular weight is 289 g/mol. The van der Waals surface area contributed by atoms with Gasteiger partial charge < -0.3 is 14.7 Å². The molecule has 1 saturated heterocycles. The Morgan fingerprint density at radius 3 is 2.71 bits per heavy atom. The van der Waals surface area contributed by atoms with E-state index < -0.39 is 5.97 Å². The topological polar surface area (TPSA) is 66.8 Å². The summed E-state index contributed by atoms with van der Waals surface area (Å²) < 4.78 is 5.53. The van der Waals surface area contributed by atoms with E-state index in [2.05, 4.69) is 0 Å². The lowest BCUT2D eigenvalue weighted by Gasteiger charge is -2.22. The van der Waals surface area contributed by atoms with Gasteiger partial charge in [-0.1, -0.05) is 12.1 Å². The number of carboxylic acid groups (broad SMARTS) is 1. The highest BCUT2D eigenvalue weighted by molar-refractivity contribution is 5.94. The second-order valence-corrected chi connectivity index (χ2v) is 5.08. The minimum Gasteiger partial charge on any atom is -0.478 e. The fourth-order valence-electron chi connectivity index (χ4n) is 2.27. The van der Waals surface area contributed by atoms with E-state index in [9.17, 15) is 9.59 Å². The Kier molecular flexibility index (Phi) is 5.11. The quantitative estimate of drug-likeness (QED) is 0.865. The monoisotopic (exact) mass is 289 g/mol. The number of carboxylic acids is 1. The van der Waals surface area contributed by atoms with Crippen LogP contribution in [0.5, 0.6) is 0 Å². The van der Waals surface area contributed by atoms with Crippen LogP contribution >= 0.6 is 0 Å². The van der Waals surface area contributed by atoms with Crippen LogP contribution in [-0.4, -0.2) is 47.7 Å². The Hall–Kier alpha value is -2.14. The maximum atomic E-state index is 12.4. The summed E-state index contributed by atoms with van der Waals surface area (Å²) >= 11 is 0. The number of hydrogen-bond acceptors (Lipinski definition) is 3. The second kappa shape index (κ2) is 7.04. The van der Waals surface area contributed by atoms with Crippen molar-refractivity contribution < 1.29 is 19.4 Å². The van der Waals surface area contributed by atoms with Crippen LogP contribution < -0.4 is 0 Å². The first-order valence-corrected chi connectivity index (χ1v) is 6.98. The summed E-state index contributed by atoms with van der Waals surface area (Å²) in [6.45, 7) is 3.94. The zero-order valence-corrected chi connectivity index (χ0v) is 12.0. The average Bonchev–Trinajstić information content (AvgIpc) is 2.69. The molecule has 1 aliphatic rings. The molecule has 21 heavy (non-hydrogen) atoms. The standard InChI is InChI=1S/C16H19NO4/c1-12-11-17(9-2-10-21-12)16(20)14-6-3-13(4-7-14)5-8-15(18)19/h3-8,12H,2,9-11H2,1H3,(H,18,19). The van der Waals surface area contributed by atoms with E-state index in [0.717, 1.165) is 18.1 Å². The fourth-order valence-corrected chi connectivity index (χ4v) is 2.27. The van der Waals surface area contributed by atoms with Crippen LogP contribution in [0.3, 0.4) is 0 Å². The van der Waals surface area contributed by atoms with E-state index in [0.29, 0.717) is 25.3 Å². The Balaban J connectivity index is 2.07. The van der Waals surface area contributed by atoms with Gasteiger partial charge in [0.25, 0.3) is 5.91 Å². The van der Waals surface area contributed by atoms with Gasteiger partial charge in [-0.2, -0.15) is 0 Å². The molecule has 5 heteroatoms. The van der Waals surface area contributed by atoms with Crippen LogP contribution in [0.1, 0.15) is 29.3 Å². The molecule has 1 N–H and O–H groups in total. The summed E-state index contributed by atoms with van der Waals surface area (Å²) in [5.41, 5.74) is 1.36. The van der Waals surface area contributed by atoms with E-state index in [4.69, 9.17) is 9.84 Å². The molecule has 0 spiro atoms. The normalized spacial score (nSPS) is 19.5. The summed E-state index contributed by atoms with van der Waals surface area (Å²) in [6, 6.07) is 6.93. The third-order valence-corrected chi connectivity index (χ3v) is 3.32. The number of aliphatic carboxylic acids is 1. The molecule has 112 valence electrons. The van der Waals surface area contributed by atoms with Crippen LogP contribution in [0, 0.1) is 0 Å². The minimum absolute atomic E-state index is 0.0129. The molecule has 0 aromatic heterocycles. The number of ether oxygens (including phenoxy) is 1. The van der Waals surface area contributed by atoms with Gasteiger partial charge in [-0.05, 0) is 37.1 Å². The number of nitrogens with zero attached hydrogens (tertiary/aromatic N) is 1. The lowest BCUT2D eigenvalue weighted by atomic mass is 10.1. The Bertz CT molecular complexity index is 536. The number of amides is 1. The van der Waals surface area contributed by atoms with Crippen LogP contribution in [0.25, 0.3) is 6.08 Å². The summed E-state index contributed by atoms with van der Waals surface area (Å²) in [5, 5.41) is 8.58. The van der Waals surface area contributed by atoms with Gasteiger partial charge in [0.1, 0.15) is 0 Å². The molecule has 0 aliphatic carbocycles. The van der Waals surface area contributed by atoms with E-state index in [1.54, 1.807) is 29.2 Å². The van der Waals surface area contributed by atoms with Crippen molar-refractivity contribution in [3.05, 3.63) is 41.5 Å². The largest absolute Gasteiger partial charge is 0.478 e. The Morgan fingerprint density at radius 1 is 1.33 bits per heavy atom. The molecule has 1 aliphatic heterocycles. The van der Waals surface area contributed by atoms with Crippen molar-refractivity contribution in [2.24, 2.45) is 0 Å². The van der Waals surface area contributed by atoms with Crippen LogP contribution in [0.4, 0.5) is 0 Å². The summed E-state index contributed by atoms with van der Waals surface area (Å²) in [6.07, 6.45) is 3.47. The van der Waals surface area contributed by atoms with E-state index in [-0.39, 0.29) is 12.0 Å². The van der Waals surface area contributed by atoms with Gasteiger partial charge in [-0.25, -0.2) is 4.79 Å². The third-order valence-electron chi connectivity index (χ3n) is 3.32. The zero-order valence-electron chi connectivity index (χ0n) is 12.0. The molecule has 0 saturated carbocycles. The highest BCUT2D eigenvalue weighted by Gasteiger charge is 2.20. The lowest BCUT2D eigenvalue weighted by molar-refractivity contribution is -0.131. The Labute approximate surface area is 123 Å². The predicted molar refractivity (Wildman–Crippen MR) is 79.0 cm³/mol. The van der Waals surface area contributed by atoms with E-state index >= 15 is 0 Å². The second-order valence-electron chi connectivity index (χ2n) is 5.08. The summed E-state index contributed by atoms with van der Waals surface area (Å²) in [5.74, 6) is -1.00. The van der Waals surface area contributed by atoms with Gasteiger partial charge >= 0.3 is 5.97 Å². The zero-order chi connectivity index (χ0) is 15.2. The smallest absolute Gasteiger partial charge is 0.328 e. The highest BCUT2D eigenvalue weighted by Crippen LogP contribution is 2.12. The molecule has 0 radical (unpaired) electrons. The van der Waals surface area contributed by atoms with Gasteiger partial charge in [0.15, 0.2) is 0 Å². The van der Waals surface area contributed by atoms with Crippen LogP contribution in [-0.2, 0) is 9.53 Å². The maximum Gasteiger partial charge on any atom is 0.328 e. The number of benzene rings is 1. The van der Waals surface area contributed by atoms with Crippen LogP contribution in [0.15, 0.2) is 30.3 Å². The van der Waals surface area contributed by atoms with Crippen molar-refractivity contribution in [2.75, 3.05) is 19.7 Å². The fraction of sp³-hybridized carbons (Fsp3) is 0.375. The molecule has 0 bridgehead atoms. The van der Waals surface area contributed by atoms with Crippen molar-refractivity contribution >= 4 is 18.0 Å². The van der Waals surface area contributed by atoms with Crippen molar-refractivity contribution in [3.63, 3.8) is 0 Å². The Morgan fingerprint density at radius 2 is 2.05 bits per heavy atom. The van der Waals surface area contributed by atoms with Crippen molar-refractivity contribution in [3.8, 4) is 0 Å². The molecular formula is C16H19NO4. The molecule has 1 fully saturated rings. The van der Waals surface area contributed by atoms with Gasteiger partial charge in [0, 0.05) is 31.3 Å². The number of hydrogen-bond donors (Lipinski definition) is 1. The number of carbonyl (C=O) groups is 2. The molecule has 1 amide bonds. The summed E-state index contributed by atoms with van der Waals surface area (Å²) in [4.78, 5) is 24.7. The molecule has 1 atom stereocenters. The molecular weight excluding hydrogens is 270 g/mol. The van der Waals surface area contributed by atoms with Crippen LogP contribution in [0.2, 0.25) is 0 Å². The lowest BCUT2D eigenvalue weighted by Crippen LogP contribution is -2.35. The highest BCUT2D eigenvalue weighted by atomic mass is 16.5. The van der Waals surface area contributed by atoms with Gasteiger partial charge in [-0.3, -0.25) is 4.79 Å². The minimum atomic E-state index is -0.992. The molecule has 1 aromatic rings. The van der Waals surface area contributed by atoms with Gasteiger partial charge in [0.05, 0.1) is 6.10 Å². The SMILES string of the molecule is CC1CN(C(=O)c2ccc(C=CC(=O)O)cc2)CCCO1. The molecule has 2 rings (SSSR count). The van der Waals surface area contributed by atoms with E-state index in [1.165, 1.54) is 6.08 Å². The summed E-state index contributed by atoms with van der Waals surface area (Å²) in [7, 11) is 0. The molecule has 1 aromatic carbocycles. The first-order chi connectivity index (χ1) is 10.1. The first-order valence-electron chi connectivity index (χ1n) is 6.98. The third kappa shape index (κ3) is 4.43. The van der Waals surface area contributed by atoms with Gasteiger partial charge in [-0.15, -0.1) is 0 Å². The van der Waals surface area contributed by atoms with E-state index in [1.807, 2.05) is 6.92 Å². The molecule has 1 unspecified atom stereocenters. The van der Waals surface area contributed by atoms with Crippen molar-refractivity contribution in [1.29, 1.82) is 0 Å². The van der Waals surface area contributed by atoms with Crippen molar-refractivity contribution in [1.82, 2.24) is 4.90 Å². The molecule has 1 heterocycles. The van der Waals surface area contributed by atoms with Gasteiger partial charge in [0.2, 0.25) is 0 Å². The maximum absolute atomic E-state index is 12.4. The molecule has 5 nitrogen and oxygen atoms in total. The number of rotatable bonds is 3.